The predicted molar refractivity (Wildman–Crippen MR) is 107 cm³/mol. The molecule has 0 fully saturated rings. The van der Waals surface area contributed by atoms with Crippen molar-refractivity contribution in [2.24, 2.45) is 0 Å². The largest absolute Gasteiger partial charge is 0.456 e. The molecule has 0 radical (unpaired) electrons. The van der Waals surface area contributed by atoms with Gasteiger partial charge in [0.25, 0.3) is 0 Å². The molecule has 0 saturated heterocycles. The summed E-state index contributed by atoms with van der Waals surface area (Å²) < 4.78 is 11.9. The molecular formula is C21H22ClN3O2. The number of hydrogen-bond donors (Lipinski definition) is 1. The second kappa shape index (κ2) is 7.72. The molecule has 5 nitrogen and oxygen atoms in total. The number of halogens is 1. The van der Waals surface area contributed by atoms with Crippen molar-refractivity contribution in [1.82, 2.24) is 14.9 Å². The first-order chi connectivity index (χ1) is 13.1. The van der Waals surface area contributed by atoms with Crippen molar-refractivity contribution in [2.45, 2.75) is 13.0 Å². The maximum Gasteiger partial charge on any atom is 0.137 e. The lowest BCUT2D eigenvalue weighted by atomic mass is 10.1. The van der Waals surface area contributed by atoms with E-state index in [-0.39, 0.29) is 0 Å². The summed E-state index contributed by atoms with van der Waals surface area (Å²) in [5, 5.41) is 0.652. The van der Waals surface area contributed by atoms with Crippen LogP contribution in [-0.2, 0) is 11.3 Å². The number of aromatic nitrogens is 2. The van der Waals surface area contributed by atoms with E-state index in [1.165, 1.54) is 0 Å². The van der Waals surface area contributed by atoms with Gasteiger partial charge in [-0.1, -0.05) is 23.7 Å². The van der Waals surface area contributed by atoms with Gasteiger partial charge in [-0.05, 0) is 57.4 Å². The summed E-state index contributed by atoms with van der Waals surface area (Å²) in [7, 11) is 4.12. The summed E-state index contributed by atoms with van der Waals surface area (Å²) in [5.74, 6) is 2.34. The Labute approximate surface area is 163 Å². The summed E-state index contributed by atoms with van der Waals surface area (Å²) in [6, 6.07) is 13.6. The highest BCUT2D eigenvalue weighted by Crippen LogP contribution is 2.46. The van der Waals surface area contributed by atoms with Crippen LogP contribution in [0.1, 0.15) is 12.2 Å². The number of nitrogens with zero attached hydrogens (tertiary/aromatic N) is 2. The van der Waals surface area contributed by atoms with Crippen molar-refractivity contribution in [2.75, 3.05) is 27.2 Å². The first kappa shape index (κ1) is 18.0. The fraction of sp³-hybridized carbons (Fsp3) is 0.286. The molecule has 0 spiro atoms. The third-order valence-electron chi connectivity index (χ3n) is 4.46. The van der Waals surface area contributed by atoms with Crippen LogP contribution >= 0.6 is 11.6 Å². The molecule has 1 aromatic heterocycles. The van der Waals surface area contributed by atoms with Crippen LogP contribution in [0.25, 0.3) is 22.5 Å². The quantitative estimate of drug-likeness (QED) is 0.477. The Morgan fingerprint density at radius 2 is 1.93 bits per heavy atom. The lowest BCUT2D eigenvalue weighted by Gasteiger charge is -2.09. The standard InChI is InChI=1S/C21H22ClN3O2/c1-25(2)10-5-11-26-13-19-23-20-15-6-3-4-7-17(15)27-18-9-8-14(22)12-16(18)21(20)24-19/h3-4,6-9,12H,5,10-11,13H2,1-2H3,(H,23,24). The van der Waals surface area contributed by atoms with Gasteiger partial charge in [-0.2, -0.15) is 0 Å². The van der Waals surface area contributed by atoms with Gasteiger partial charge < -0.3 is 19.4 Å². The van der Waals surface area contributed by atoms with Crippen LogP contribution in [0.5, 0.6) is 11.5 Å². The van der Waals surface area contributed by atoms with Crippen LogP contribution < -0.4 is 4.74 Å². The first-order valence-electron chi connectivity index (χ1n) is 9.00. The Balaban J connectivity index is 1.65. The maximum atomic E-state index is 6.24. The fourth-order valence-electron chi connectivity index (χ4n) is 3.19. The van der Waals surface area contributed by atoms with E-state index in [0.717, 1.165) is 52.8 Å². The van der Waals surface area contributed by atoms with Gasteiger partial charge >= 0.3 is 0 Å². The molecule has 0 amide bonds. The number of fused-ring (bicyclic) bond motifs is 5. The Hall–Kier alpha value is -2.34. The molecule has 0 unspecified atom stereocenters. The lowest BCUT2D eigenvalue weighted by molar-refractivity contribution is 0.108. The lowest BCUT2D eigenvalue weighted by Crippen LogP contribution is -2.14. The molecule has 0 aliphatic carbocycles. The Kier molecular flexibility index (Phi) is 5.16. The van der Waals surface area contributed by atoms with Gasteiger partial charge in [0.05, 0.1) is 5.69 Å². The molecule has 0 atom stereocenters. The summed E-state index contributed by atoms with van der Waals surface area (Å²) >= 11 is 6.24. The van der Waals surface area contributed by atoms with E-state index in [2.05, 4.69) is 24.0 Å². The van der Waals surface area contributed by atoms with Crippen LogP contribution in [0.3, 0.4) is 0 Å². The van der Waals surface area contributed by atoms with E-state index in [1.807, 2.05) is 42.5 Å². The van der Waals surface area contributed by atoms with Gasteiger partial charge in [0.15, 0.2) is 0 Å². The number of aromatic amines is 1. The summed E-state index contributed by atoms with van der Waals surface area (Å²) in [4.78, 5) is 10.4. The molecule has 3 aromatic rings. The van der Waals surface area contributed by atoms with Crippen molar-refractivity contribution in [3.63, 3.8) is 0 Å². The number of para-hydroxylation sites is 1. The van der Waals surface area contributed by atoms with Gasteiger partial charge in [-0.25, -0.2) is 4.98 Å². The Morgan fingerprint density at radius 1 is 1.11 bits per heavy atom. The van der Waals surface area contributed by atoms with E-state index in [4.69, 9.17) is 26.1 Å². The molecule has 2 aromatic carbocycles. The minimum absolute atomic E-state index is 0.444. The maximum absolute atomic E-state index is 6.24. The van der Waals surface area contributed by atoms with Crippen LogP contribution in [0.2, 0.25) is 5.02 Å². The van der Waals surface area contributed by atoms with Crippen molar-refractivity contribution < 1.29 is 9.47 Å². The molecule has 4 rings (SSSR count). The summed E-state index contributed by atoms with van der Waals surface area (Å²) in [6.07, 6.45) is 0.989. The molecule has 0 saturated carbocycles. The number of ether oxygens (including phenoxy) is 2. The summed E-state index contributed by atoms with van der Waals surface area (Å²) in [5.41, 5.74) is 3.62. The Morgan fingerprint density at radius 3 is 2.78 bits per heavy atom. The number of benzene rings is 2. The second-order valence-corrected chi connectivity index (χ2v) is 7.29. The highest BCUT2D eigenvalue weighted by molar-refractivity contribution is 6.31. The van der Waals surface area contributed by atoms with E-state index in [0.29, 0.717) is 18.2 Å². The molecule has 1 N–H and O–H groups in total. The molecule has 1 aliphatic rings. The second-order valence-electron chi connectivity index (χ2n) is 6.86. The van der Waals surface area contributed by atoms with Crippen molar-refractivity contribution in [3.8, 4) is 34.0 Å². The van der Waals surface area contributed by atoms with Gasteiger partial charge in [-0.15, -0.1) is 0 Å². The molecule has 1 aliphatic heterocycles. The van der Waals surface area contributed by atoms with Crippen LogP contribution in [0, 0.1) is 0 Å². The highest BCUT2D eigenvalue weighted by Gasteiger charge is 2.24. The number of nitrogens with one attached hydrogen (secondary N) is 1. The number of rotatable bonds is 6. The zero-order valence-corrected chi connectivity index (χ0v) is 16.2. The SMILES string of the molecule is CN(C)CCCOCc1nc2c([nH]1)-c1ccccc1Oc1ccc(Cl)cc1-2. The zero-order valence-electron chi connectivity index (χ0n) is 15.5. The normalized spacial score (nSPS) is 12.1. The van der Waals surface area contributed by atoms with Crippen molar-refractivity contribution in [1.29, 1.82) is 0 Å². The molecular weight excluding hydrogens is 362 g/mol. The average molecular weight is 384 g/mol. The van der Waals surface area contributed by atoms with E-state index < -0.39 is 0 Å². The Bertz CT molecular complexity index is 952. The number of hydrogen-bond acceptors (Lipinski definition) is 4. The molecule has 0 bridgehead atoms. The highest BCUT2D eigenvalue weighted by atomic mass is 35.5. The first-order valence-corrected chi connectivity index (χ1v) is 9.38. The molecule has 27 heavy (non-hydrogen) atoms. The summed E-state index contributed by atoms with van der Waals surface area (Å²) in [6.45, 7) is 2.15. The smallest absolute Gasteiger partial charge is 0.137 e. The zero-order chi connectivity index (χ0) is 18.8. The molecule has 6 heteroatoms. The van der Waals surface area contributed by atoms with Crippen molar-refractivity contribution >= 4 is 11.6 Å². The molecule has 2 heterocycles. The van der Waals surface area contributed by atoms with Crippen molar-refractivity contribution in [3.05, 3.63) is 53.3 Å². The minimum atomic E-state index is 0.444. The van der Waals surface area contributed by atoms with E-state index in [1.54, 1.807) is 0 Å². The third kappa shape index (κ3) is 3.86. The fourth-order valence-corrected chi connectivity index (χ4v) is 3.36. The number of H-pyrrole nitrogens is 1. The monoisotopic (exact) mass is 383 g/mol. The van der Waals surface area contributed by atoms with Gasteiger partial charge in [0.2, 0.25) is 0 Å². The van der Waals surface area contributed by atoms with E-state index in [9.17, 15) is 0 Å². The third-order valence-corrected chi connectivity index (χ3v) is 4.69. The van der Waals surface area contributed by atoms with Crippen LogP contribution in [-0.4, -0.2) is 42.1 Å². The van der Waals surface area contributed by atoms with Gasteiger partial charge in [0, 0.05) is 22.8 Å². The van der Waals surface area contributed by atoms with Crippen LogP contribution in [0.4, 0.5) is 0 Å². The van der Waals surface area contributed by atoms with Gasteiger partial charge in [0.1, 0.15) is 29.6 Å². The van der Waals surface area contributed by atoms with Crippen LogP contribution in [0.15, 0.2) is 42.5 Å². The molecule has 140 valence electrons. The average Bonchev–Trinajstić information content (AvgIpc) is 3.02. The predicted octanol–water partition coefficient (Wildman–Crippen LogP) is 4.97. The topological polar surface area (TPSA) is 50.4 Å². The minimum Gasteiger partial charge on any atom is -0.456 e. The van der Waals surface area contributed by atoms with Gasteiger partial charge in [-0.3, -0.25) is 0 Å². The van der Waals surface area contributed by atoms with E-state index >= 15 is 0 Å². The number of imidazole rings is 1.